The standard InChI is InChI=1S/C24H24F4N2O3/c1-16-29-7-8-30(16)20-4-3-17(22(14-20)24(26,27)28)15-33-21-12-18(11-19(25)13-21)23(31-2)5-9-32-10-6-23/h3-4,7-8,11-14H,5-6,9-10,15H2,1-2H3. The Kier molecular flexibility index (Phi) is 6.45. The number of benzene rings is 2. The number of imidazole rings is 1. The molecule has 0 atom stereocenters. The molecule has 1 saturated heterocycles. The lowest BCUT2D eigenvalue weighted by atomic mass is 9.86. The van der Waals surface area contributed by atoms with Gasteiger partial charge in [-0.1, -0.05) is 6.07 Å². The topological polar surface area (TPSA) is 45.5 Å². The van der Waals surface area contributed by atoms with Crippen LogP contribution in [0.3, 0.4) is 0 Å². The summed E-state index contributed by atoms with van der Waals surface area (Å²) in [6, 6.07) is 8.14. The van der Waals surface area contributed by atoms with Crippen LogP contribution in [0.1, 0.15) is 35.4 Å². The average Bonchev–Trinajstić information content (AvgIpc) is 3.23. The van der Waals surface area contributed by atoms with Crippen LogP contribution in [0.4, 0.5) is 17.6 Å². The molecule has 2 heterocycles. The molecule has 0 N–H and O–H groups in total. The molecule has 0 radical (unpaired) electrons. The Balaban J connectivity index is 1.61. The lowest BCUT2D eigenvalue weighted by molar-refractivity contribution is -0.138. The summed E-state index contributed by atoms with van der Waals surface area (Å²) in [7, 11) is 1.55. The molecule has 1 aliphatic heterocycles. The van der Waals surface area contributed by atoms with E-state index in [2.05, 4.69) is 4.98 Å². The lowest BCUT2D eigenvalue weighted by Crippen LogP contribution is -2.35. The Morgan fingerprint density at radius 1 is 1.12 bits per heavy atom. The summed E-state index contributed by atoms with van der Waals surface area (Å²) in [6.07, 6.45) is -0.387. The minimum atomic E-state index is -4.58. The van der Waals surface area contributed by atoms with E-state index in [0.717, 1.165) is 12.1 Å². The molecule has 1 aliphatic rings. The van der Waals surface area contributed by atoms with Gasteiger partial charge < -0.3 is 18.8 Å². The quantitative estimate of drug-likeness (QED) is 0.448. The summed E-state index contributed by atoms with van der Waals surface area (Å²) in [4.78, 5) is 4.05. The maximum Gasteiger partial charge on any atom is 0.416 e. The lowest BCUT2D eigenvalue weighted by Gasteiger charge is -2.36. The van der Waals surface area contributed by atoms with Gasteiger partial charge in [-0.05, 0) is 36.8 Å². The molecule has 2 aromatic carbocycles. The average molecular weight is 464 g/mol. The van der Waals surface area contributed by atoms with Crippen molar-refractivity contribution in [2.75, 3.05) is 20.3 Å². The van der Waals surface area contributed by atoms with Gasteiger partial charge in [0.2, 0.25) is 0 Å². The number of hydrogen-bond donors (Lipinski definition) is 0. The Hall–Kier alpha value is -2.91. The van der Waals surface area contributed by atoms with Crippen molar-refractivity contribution in [3.8, 4) is 11.4 Å². The first-order valence-corrected chi connectivity index (χ1v) is 10.5. The van der Waals surface area contributed by atoms with Crippen molar-refractivity contribution < 1.29 is 31.8 Å². The number of aromatic nitrogens is 2. The molecule has 4 rings (SSSR count). The van der Waals surface area contributed by atoms with E-state index in [4.69, 9.17) is 14.2 Å². The van der Waals surface area contributed by atoms with Crippen LogP contribution in [0.5, 0.6) is 5.75 Å². The molecule has 9 heteroatoms. The normalized spacial score (nSPS) is 16.1. The molecular weight excluding hydrogens is 440 g/mol. The van der Waals surface area contributed by atoms with Gasteiger partial charge in [0.15, 0.2) is 0 Å². The summed E-state index contributed by atoms with van der Waals surface area (Å²) >= 11 is 0. The van der Waals surface area contributed by atoms with E-state index in [1.54, 1.807) is 36.9 Å². The number of ether oxygens (including phenoxy) is 3. The number of nitrogens with zero attached hydrogens (tertiary/aromatic N) is 2. The molecule has 176 valence electrons. The molecule has 3 aromatic rings. The Morgan fingerprint density at radius 3 is 2.52 bits per heavy atom. The molecular formula is C24H24F4N2O3. The van der Waals surface area contributed by atoms with Crippen LogP contribution < -0.4 is 4.74 Å². The van der Waals surface area contributed by atoms with E-state index in [1.165, 1.54) is 18.3 Å². The van der Waals surface area contributed by atoms with Gasteiger partial charge in [-0.3, -0.25) is 0 Å². The van der Waals surface area contributed by atoms with Crippen molar-refractivity contribution in [1.29, 1.82) is 0 Å². The fraction of sp³-hybridized carbons (Fsp3) is 0.375. The third-order valence-electron chi connectivity index (χ3n) is 5.99. The highest BCUT2D eigenvalue weighted by Gasteiger charge is 2.36. The second-order valence-electron chi connectivity index (χ2n) is 7.96. The number of halogens is 4. The van der Waals surface area contributed by atoms with Gasteiger partial charge in [-0.25, -0.2) is 9.37 Å². The number of methoxy groups -OCH3 is 1. The summed E-state index contributed by atoms with van der Waals surface area (Å²) < 4.78 is 74.1. The van der Waals surface area contributed by atoms with Gasteiger partial charge >= 0.3 is 6.18 Å². The van der Waals surface area contributed by atoms with Crippen molar-refractivity contribution >= 4 is 0 Å². The Morgan fingerprint density at radius 2 is 1.88 bits per heavy atom. The SMILES string of the molecule is COC1(c2cc(F)cc(OCc3ccc(-n4ccnc4C)cc3C(F)(F)F)c2)CCOCC1. The van der Waals surface area contributed by atoms with Crippen molar-refractivity contribution in [2.45, 2.75) is 38.1 Å². The third kappa shape index (κ3) is 4.89. The molecule has 0 unspecified atom stereocenters. The fourth-order valence-electron chi connectivity index (χ4n) is 4.14. The van der Waals surface area contributed by atoms with Gasteiger partial charge in [-0.2, -0.15) is 13.2 Å². The number of hydrogen-bond acceptors (Lipinski definition) is 4. The zero-order valence-corrected chi connectivity index (χ0v) is 18.3. The van der Waals surface area contributed by atoms with Crippen molar-refractivity contribution in [2.24, 2.45) is 0 Å². The van der Waals surface area contributed by atoms with Crippen molar-refractivity contribution in [3.05, 3.63) is 77.1 Å². The first-order valence-electron chi connectivity index (χ1n) is 10.5. The van der Waals surface area contributed by atoms with E-state index in [0.29, 0.717) is 43.1 Å². The molecule has 1 aromatic heterocycles. The van der Waals surface area contributed by atoms with Crippen molar-refractivity contribution in [3.63, 3.8) is 0 Å². The minimum Gasteiger partial charge on any atom is -0.489 e. The highest BCUT2D eigenvalue weighted by Crippen LogP contribution is 2.38. The Bertz CT molecular complexity index is 1120. The molecule has 1 fully saturated rings. The highest BCUT2D eigenvalue weighted by molar-refractivity contribution is 5.43. The summed E-state index contributed by atoms with van der Waals surface area (Å²) in [5.74, 6) is 0.155. The first kappa shape index (κ1) is 23.3. The summed E-state index contributed by atoms with van der Waals surface area (Å²) in [5, 5.41) is 0. The van der Waals surface area contributed by atoms with Crippen LogP contribution in [-0.4, -0.2) is 29.9 Å². The van der Waals surface area contributed by atoms with Crippen LogP contribution >= 0.6 is 0 Å². The van der Waals surface area contributed by atoms with E-state index >= 15 is 0 Å². The molecule has 33 heavy (non-hydrogen) atoms. The van der Waals surface area contributed by atoms with Gasteiger partial charge in [0.25, 0.3) is 0 Å². The van der Waals surface area contributed by atoms with Gasteiger partial charge in [0.1, 0.15) is 24.0 Å². The maximum atomic E-state index is 14.4. The molecule has 0 bridgehead atoms. The number of aryl methyl sites for hydroxylation is 1. The smallest absolute Gasteiger partial charge is 0.416 e. The number of alkyl halides is 3. The summed E-state index contributed by atoms with van der Waals surface area (Å²) in [6.45, 7) is 2.28. The van der Waals surface area contributed by atoms with Crippen LogP contribution in [-0.2, 0) is 27.9 Å². The third-order valence-corrected chi connectivity index (χ3v) is 5.99. The zero-order valence-electron chi connectivity index (χ0n) is 18.3. The maximum absolute atomic E-state index is 14.4. The fourth-order valence-corrected chi connectivity index (χ4v) is 4.14. The predicted molar refractivity (Wildman–Crippen MR) is 113 cm³/mol. The second kappa shape index (κ2) is 9.15. The monoisotopic (exact) mass is 464 g/mol. The van der Waals surface area contributed by atoms with Gasteiger partial charge in [0.05, 0.1) is 11.2 Å². The van der Waals surface area contributed by atoms with Gasteiger partial charge in [-0.15, -0.1) is 0 Å². The van der Waals surface area contributed by atoms with Crippen LogP contribution in [0.2, 0.25) is 0 Å². The second-order valence-corrected chi connectivity index (χ2v) is 7.96. The van der Waals surface area contributed by atoms with Crippen LogP contribution in [0.15, 0.2) is 48.8 Å². The van der Waals surface area contributed by atoms with Crippen LogP contribution in [0, 0.1) is 12.7 Å². The van der Waals surface area contributed by atoms with E-state index < -0.39 is 23.2 Å². The van der Waals surface area contributed by atoms with E-state index in [1.807, 2.05) is 0 Å². The molecule has 0 saturated carbocycles. The Labute approximate surface area is 188 Å². The largest absolute Gasteiger partial charge is 0.489 e. The predicted octanol–water partition coefficient (Wildman–Crippen LogP) is 5.57. The molecule has 5 nitrogen and oxygen atoms in total. The number of rotatable bonds is 6. The molecule has 0 aliphatic carbocycles. The van der Waals surface area contributed by atoms with Gasteiger partial charge in [0, 0.05) is 62.9 Å². The summed E-state index contributed by atoms with van der Waals surface area (Å²) in [5.41, 5.74) is -0.675. The molecule has 0 spiro atoms. The van der Waals surface area contributed by atoms with Crippen LogP contribution in [0.25, 0.3) is 5.69 Å². The zero-order chi connectivity index (χ0) is 23.6. The van der Waals surface area contributed by atoms with Crippen molar-refractivity contribution in [1.82, 2.24) is 9.55 Å². The minimum absolute atomic E-state index is 0.0534. The van der Waals surface area contributed by atoms with E-state index in [9.17, 15) is 17.6 Å². The van der Waals surface area contributed by atoms with E-state index in [-0.39, 0.29) is 17.9 Å². The first-order chi connectivity index (χ1) is 15.7. The highest BCUT2D eigenvalue weighted by atomic mass is 19.4. The molecule has 0 amide bonds.